The minimum Gasteiger partial charge on any atom is -0.494 e. The predicted molar refractivity (Wildman–Crippen MR) is 105 cm³/mol. The van der Waals surface area contributed by atoms with E-state index < -0.39 is 5.54 Å². The number of anilines is 1. The SMILES string of the molecule is CCOc1ccc(C(=O)Nc2ccc(CC(=O)NC(C)(C)CO)cc2)cc1. The molecule has 0 heterocycles. The van der Waals surface area contributed by atoms with Crippen molar-refractivity contribution in [1.29, 1.82) is 0 Å². The van der Waals surface area contributed by atoms with Gasteiger partial charge in [-0.05, 0) is 62.7 Å². The highest BCUT2D eigenvalue weighted by molar-refractivity contribution is 6.04. The number of carbonyl (C=O) groups is 2. The molecule has 0 aliphatic rings. The fraction of sp³-hybridized carbons (Fsp3) is 0.333. The summed E-state index contributed by atoms with van der Waals surface area (Å²) in [4.78, 5) is 24.3. The molecule has 0 aliphatic carbocycles. The van der Waals surface area contributed by atoms with Crippen LogP contribution in [0.3, 0.4) is 0 Å². The molecule has 0 aromatic heterocycles. The van der Waals surface area contributed by atoms with Gasteiger partial charge in [0.15, 0.2) is 0 Å². The van der Waals surface area contributed by atoms with E-state index >= 15 is 0 Å². The van der Waals surface area contributed by atoms with Gasteiger partial charge in [-0.2, -0.15) is 0 Å². The summed E-state index contributed by atoms with van der Waals surface area (Å²) in [6.45, 7) is 5.86. The molecule has 2 aromatic rings. The van der Waals surface area contributed by atoms with Gasteiger partial charge >= 0.3 is 0 Å². The minimum absolute atomic E-state index is 0.130. The van der Waals surface area contributed by atoms with Crippen molar-refractivity contribution in [2.45, 2.75) is 32.7 Å². The summed E-state index contributed by atoms with van der Waals surface area (Å²) in [7, 11) is 0. The van der Waals surface area contributed by atoms with Gasteiger partial charge in [0.2, 0.25) is 5.91 Å². The molecule has 0 aliphatic heterocycles. The van der Waals surface area contributed by atoms with E-state index in [1.807, 2.05) is 6.92 Å². The zero-order valence-corrected chi connectivity index (χ0v) is 15.9. The predicted octanol–water partition coefficient (Wildman–Crippen LogP) is 2.77. The van der Waals surface area contributed by atoms with Crippen molar-refractivity contribution in [3.05, 3.63) is 59.7 Å². The lowest BCUT2D eigenvalue weighted by Gasteiger charge is -2.23. The lowest BCUT2D eigenvalue weighted by Crippen LogP contribution is -2.46. The van der Waals surface area contributed by atoms with Gasteiger partial charge in [-0.3, -0.25) is 9.59 Å². The summed E-state index contributed by atoms with van der Waals surface area (Å²) in [6, 6.07) is 14.0. The zero-order valence-electron chi connectivity index (χ0n) is 15.9. The molecule has 0 radical (unpaired) electrons. The fourth-order valence-corrected chi connectivity index (χ4v) is 2.42. The van der Waals surface area contributed by atoms with E-state index in [2.05, 4.69) is 10.6 Å². The standard InChI is InChI=1S/C21H26N2O4/c1-4-27-18-11-7-16(8-12-18)20(26)22-17-9-5-15(6-10-17)13-19(25)23-21(2,3)14-24/h5-12,24H,4,13-14H2,1-3H3,(H,22,26)(H,23,25). The molecular weight excluding hydrogens is 344 g/mol. The summed E-state index contributed by atoms with van der Waals surface area (Å²) < 4.78 is 5.36. The number of benzene rings is 2. The summed E-state index contributed by atoms with van der Waals surface area (Å²) >= 11 is 0. The third-order valence-electron chi connectivity index (χ3n) is 3.88. The van der Waals surface area contributed by atoms with Gasteiger partial charge in [-0.1, -0.05) is 12.1 Å². The Morgan fingerprint density at radius 3 is 2.22 bits per heavy atom. The van der Waals surface area contributed by atoms with E-state index in [1.54, 1.807) is 62.4 Å². The number of hydrogen-bond acceptors (Lipinski definition) is 4. The Balaban J connectivity index is 1.93. The van der Waals surface area contributed by atoms with E-state index in [1.165, 1.54) is 0 Å². The Kier molecular flexibility index (Phi) is 6.96. The molecule has 2 rings (SSSR count). The third kappa shape index (κ3) is 6.42. The molecule has 6 nitrogen and oxygen atoms in total. The van der Waals surface area contributed by atoms with E-state index in [9.17, 15) is 14.7 Å². The second-order valence-corrected chi connectivity index (χ2v) is 6.88. The van der Waals surface area contributed by atoms with Crippen molar-refractivity contribution >= 4 is 17.5 Å². The maximum Gasteiger partial charge on any atom is 0.255 e. The smallest absolute Gasteiger partial charge is 0.255 e. The number of amides is 2. The molecule has 0 spiro atoms. The van der Waals surface area contributed by atoms with Gasteiger partial charge in [-0.25, -0.2) is 0 Å². The molecule has 3 N–H and O–H groups in total. The molecule has 0 bridgehead atoms. The van der Waals surface area contributed by atoms with E-state index in [0.717, 1.165) is 11.3 Å². The van der Waals surface area contributed by atoms with Gasteiger partial charge < -0.3 is 20.5 Å². The second-order valence-electron chi connectivity index (χ2n) is 6.88. The molecule has 0 saturated carbocycles. The largest absolute Gasteiger partial charge is 0.494 e. The molecular formula is C21H26N2O4. The number of ether oxygens (including phenoxy) is 1. The number of aliphatic hydroxyl groups excluding tert-OH is 1. The number of aliphatic hydroxyl groups is 1. The maximum atomic E-state index is 12.3. The molecule has 6 heteroatoms. The van der Waals surface area contributed by atoms with Crippen molar-refractivity contribution in [2.24, 2.45) is 0 Å². The van der Waals surface area contributed by atoms with Crippen LogP contribution in [0.5, 0.6) is 5.75 Å². The average molecular weight is 370 g/mol. The van der Waals surface area contributed by atoms with Crippen LogP contribution in [0, 0.1) is 0 Å². The Morgan fingerprint density at radius 1 is 1.04 bits per heavy atom. The van der Waals surface area contributed by atoms with Crippen LogP contribution in [0.4, 0.5) is 5.69 Å². The number of hydrogen-bond donors (Lipinski definition) is 3. The van der Waals surface area contributed by atoms with Crippen LogP contribution in [0.1, 0.15) is 36.7 Å². The Labute approximate surface area is 159 Å². The van der Waals surface area contributed by atoms with Crippen molar-refractivity contribution < 1.29 is 19.4 Å². The van der Waals surface area contributed by atoms with E-state index in [-0.39, 0.29) is 24.8 Å². The zero-order chi connectivity index (χ0) is 19.9. The molecule has 0 atom stereocenters. The monoisotopic (exact) mass is 370 g/mol. The minimum atomic E-state index is -0.650. The van der Waals surface area contributed by atoms with E-state index in [0.29, 0.717) is 17.9 Å². The molecule has 2 aromatic carbocycles. The highest BCUT2D eigenvalue weighted by Crippen LogP contribution is 2.15. The first-order chi connectivity index (χ1) is 12.8. The van der Waals surface area contributed by atoms with Crippen LogP contribution in [0.15, 0.2) is 48.5 Å². The molecule has 27 heavy (non-hydrogen) atoms. The topological polar surface area (TPSA) is 87.7 Å². The molecule has 144 valence electrons. The molecule has 0 saturated heterocycles. The Hall–Kier alpha value is -2.86. The molecule has 0 fully saturated rings. The highest BCUT2D eigenvalue weighted by Gasteiger charge is 2.19. The van der Waals surface area contributed by atoms with Crippen LogP contribution in [0.2, 0.25) is 0 Å². The van der Waals surface area contributed by atoms with Gasteiger partial charge in [-0.15, -0.1) is 0 Å². The van der Waals surface area contributed by atoms with Crippen molar-refractivity contribution in [2.75, 3.05) is 18.5 Å². The first-order valence-corrected chi connectivity index (χ1v) is 8.88. The van der Waals surface area contributed by atoms with E-state index in [4.69, 9.17) is 4.74 Å². The first-order valence-electron chi connectivity index (χ1n) is 8.88. The third-order valence-corrected chi connectivity index (χ3v) is 3.88. The Morgan fingerprint density at radius 2 is 1.67 bits per heavy atom. The highest BCUT2D eigenvalue weighted by atomic mass is 16.5. The summed E-state index contributed by atoms with van der Waals surface area (Å²) in [5.74, 6) is 0.342. The number of carbonyl (C=O) groups excluding carboxylic acids is 2. The number of rotatable bonds is 8. The Bertz CT molecular complexity index is 768. The van der Waals surface area contributed by atoms with Crippen LogP contribution in [-0.4, -0.2) is 35.7 Å². The second kappa shape index (κ2) is 9.19. The number of nitrogens with one attached hydrogen (secondary N) is 2. The molecule has 0 unspecified atom stereocenters. The fourth-order valence-electron chi connectivity index (χ4n) is 2.42. The van der Waals surface area contributed by atoms with Crippen LogP contribution >= 0.6 is 0 Å². The first kappa shape index (κ1) is 20.5. The quantitative estimate of drug-likeness (QED) is 0.667. The van der Waals surface area contributed by atoms with Gasteiger partial charge in [0.05, 0.1) is 25.2 Å². The van der Waals surface area contributed by atoms with Crippen LogP contribution < -0.4 is 15.4 Å². The van der Waals surface area contributed by atoms with Crippen LogP contribution in [-0.2, 0) is 11.2 Å². The summed E-state index contributed by atoms with van der Waals surface area (Å²) in [5, 5.41) is 14.8. The van der Waals surface area contributed by atoms with Gasteiger partial charge in [0.1, 0.15) is 5.75 Å². The van der Waals surface area contributed by atoms with Crippen molar-refractivity contribution in [3.63, 3.8) is 0 Å². The summed E-state index contributed by atoms with van der Waals surface area (Å²) in [6.07, 6.45) is 0.205. The van der Waals surface area contributed by atoms with Crippen LogP contribution in [0.25, 0.3) is 0 Å². The molecule has 2 amide bonds. The van der Waals surface area contributed by atoms with Crippen molar-refractivity contribution in [3.8, 4) is 5.75 Å². The van der Waals surface area contributed by atoms with Gasteiger partial charge in [0.25, 0.3) is 5.91 Å². The maximum absolute atomic E-state index is 12.3. The lowest BCUT2D eigenvalue weighted by molar-refractivity contribution is -0.122. The normalized spacial score (nSPS) is 11.0. The average Bonchev–Trinajstić information content (AvgIpc) is 2.63. The van der Waals surface area contributed by atoms with Crippen molar-refractivity contribution in [1.82, 2.24) is 5.32 Å². The lowest BCUT2D eigenvalue weighted by atomic mass is 10.1. The van der Waals surface area contributed by atoms with Gasteiger partial charge in [0, 0.05) is 11.3 Å². The summed E-state index contributed by atoms with van der Waals surface area (Å²) in [5.41, 5.74) is 1.35.